The van der Waals surface area contributed by atoms with E-state index >= 15 is 0 Å². The maximum atomic E-state index is 12.3. The normalized spacial score (nSPS) is 26.6. The quantitative estimate of drug-likeness (QED) is 0.516. The Morgan fingerprint density at radius 2 is 1.20 bits per heavy atom. The fourth-order valence-electron chi connectivity index (χ4n) is 1.35. The van der Waals surface area contributed by atoms with Crippen molar-refractivity contribution in [3.63, 3.8) is 0 Å². The Bertz CT molecular complexity index is 246. The van der Waals surface area contributed by atoms with Gasteiger partial charge in [-0.3, -0.25) is 0 Å². The van der Waals surface area contributed by atoms with Gasteiger partial charge in [0.2, 0.25) is 0 Å². The van der Waals surface area contributed by atoms with E-state index in [0.29, 0.717) is 0 Å². The molecule has 0 aromatic heterocycles. The van der Waals surface area contributed by atoms with Crippen molar-refractivity contribution >= 4 is 0 Å². The number of hydrogen-bond donors (Lipinski definition) is 1. The molecule has 15 heavy (non-hydrogen) atoms. The minimum absolute atomic E-state index is 0.167. The van der Waals surface area contributed by atoms with Gasteiger partial charge in [-0.05, 0) is 20.8 Å². The lowest BCUT2D eigenvalue weighted by Crippen LogP contribution is -2.53. The highest BCUT2D eigenvalue weighted by Crippen LogP contribution is 2.54. The second-order valence-electron chi connectivity index (χ2n) is 4.32. The fourth-order valence-corrected chi connectivity index (χ4v) is 1.35. The maximum absolute atomic E-state index is 12.3. The van der Waals surface area contributed by atoms with Crippen LogP contribution >= 0.6 is 0 Å². The van der Waals surface area contributed by atoms with Crippen molar-refractivity contribution in [1.82, 2.24) is 10.4 Å². The minimum atomic E-state index is -5.39. The van der Waals surface area contributed by atoms with Crippen molar-refractivity contribution in [2.45, 2.75) is 44.3 Å². The van der Waals surface area contributed by atoms with Crippen LogP contribution in [0.25, 0.3) is 0 Å². The molecule has 0 spiro atoms. The summed E-state index contributed by atoms with van der Waals surface area (Å²) >= 11 is 0. The summed E-state index contributed by atoms with van der Waals surface area (Å²) in [5, 5.41) is 0.167. The Hall–Kier alpha value is -0.500. The minimum Gasteiger partial charge on any atom is -0.215 e. The third-order valence-electron chi connectivity index (χ3n) is 2.05. The van der Waals surface area contributed by atoms with Crippen LogP contribution in [-0.4, -0.2) is 28.6 Å². The van der Waals surface area contributed by atoms with Crippen LogP contribution in [-0.2, 0) is 0 Å². The summed E-state index contributed by atoms with van der Waals surface area (Å²) in [5.74, 6) is 0. The first-order valence-electron chi connectivity index (χ1n) is 4.05. The van der Waals surface area contributed by atoms with Gasteiger partial charge < -0.3 is 0 Å². The molecule has 1 N–H and O–H groups in total. The SMILES string of the molecule is CC(C)(C)N1NC1(C(F)(F)F)C(F)(F)F. The predicted octanol–water partition coefficient (Wildman–Crippen LogP) is 2.43. The molecule has 0 radical (unpaired) electrons. The van der Waals surface area contributed by atoms with Crippen LogP contribution in [0.2, 0.25) is 0 Å². The first kappa shape index (κ1) is 12.6. The Kier molecular flexibility index (Phi) is 2.34. The van der Waals surface area contributed by atoms with Crippen molar-refractivity contribution in [2.75, 3.05) is 0 Å². The molecule has 0 amide bonds. The molecular weight excluding hydrogens is 226 g/mol. The monoisotopic (exact) mass is 236 g/mol. The first-order chi connectivity index (χ1) is 6.34. The zero-order valence-electron chi connectivity index (χ0n) is 8.22. The zero-order chi connectivity index (χ0) is 12.3. The van der Waals surface area contributed by atoms with Crippen molar-refractivity contribution in [2.24, 2.45) is 0 Å². The first-order valence-corrected chi connectivity index (χ1v) is 4.05. The van der Waals surface area contributed by atoms with E-state index in [4.69, 9.17) is 0 Å². The van der Waals surface area contributed by atoms with Crippen molar-refractivity contribution in [1.29, 1.82) is 0 Å². The van der Waals surface area contributed by atoms with E-state index in [1.807, 2.05) is 0 Å². The average Bonchev–Trinajstić information content (AvgIpc) is 2.51. The molecule has 1 aliphatic rings. The van der Waals surface area contributed by atoms with Gasteiger partial charge in [0.05, 0.1) is 0 Å². The van der Waals surface area contributed by atoms with Gasteiger partial charge in [-0.15, -0.1) is 0 Å². The molecule has 1 atom stereocenters. The van der Waals surface area contributed by atoms with E-state index in [1.165, 1.54) is 26.2 Å². The number of alkyl halides is 6. The summed E-state index contributed by atoms with van der Waals surface area (Å²) < 4.78 is 74.1. The van der Waals surface area contributed by atoms with Crippen molar-refractivity contribution in [3.8, 4) is 0 Å². The lowest BCUT2D eigenvalue weighted by atomic mass is 10.1. The molecule has 90 valence electrons. The smallest absolute Gasteiger partial charge is 0.215 e. The molecule has 1 heterocycles. The van der Waals surface area contributed by atoms with Gasteiger partial charge in [0.25, 0.3) is 5.66 Å². The molecular formula is C7H10F6N2. The van der Waals surface area contributed by atoms with Gasteiger partial charge in [0, 0.05) is 5.54 Å². The van der Waals surface area contributed by atoms with Crippen molar-refractivity contribution < 1.29 is 26.3 Å². The van der Waals surface area contributed by atoms with E-state index in [2.05, 4.69) is 0 Å². The highest BCUT2D eigenvalue weighted by Gasteiger charge is 2.85. The van der Waals surface area contributed by atoms with Gasteiger partial charge in [-0.2, -0.15) is 31.4 Å². The van der Waals surface area contributed by atoms with Crippen molar-refractivity contribution in [3.05, 3.63) is 0 Å². The molecule has 8 heteroatoms. The summed E-state index contributed by atoms with van der Waals surface area (Å²) in [5.41, 5.74) is -3.76. The maximum Gasteiger partial charge on any atom is 0.431 e. The summed E-state index contributed by atoms with van der Waals surface area (Å²) in [7, 11) is 0. The van der Waals surface area contributed by atoms with Crippen LogP contribution in [0, 0.1) is 0 Å². The number of nitrogens with zero attached hydrogens (tertiary/aromatic N) is 1. The van der Waals surface area contributed by atoms with E-state index in [0.717, 1.165) is 0 Å². The molecule has 1 aliphatic heterocycles. The van der Waals surface area contributed by atoms with Gasteiger partial charge in [-0.1, -0.05) is 0 Å². The fraction of sp³-hybridized carbons (Fsp3) is 1.00. The molecule has 2 nitrogen and oxygen atoms in total. The van der Waals surface area contributed by atoms with E-state index in [9.17, 15) is 26.3 Å². The summed E-state index contributed by atoms with van der Waals surface area (Å²) in [6.07, 6.45) is -10.8. The third kappa shape index (κ3) is 1.69. The van der Waals surface area contributed by atoms with Gasteiger partial charge in [-0.25, -0.2) is 5.43 Å². The summed E-state index contributed by atoms with van der Waals surface area (Å²) in [6, 6.07) is 0. The van der Waals surface area contributed by atoms with E-state index in [1.54, 1.807) is 0 Å². The standard InChI is InChI=1S/C7H10F6N2/c1-4(2,3)15-5(14-15,6(8,9)10)7(11,12)13/h14H,1-3H3. The zero-order valence-corrected chi connectivity index (χ0v) is 8.22. The Morgan fingerprint density at radius 1 is 0.867 bits per heavy atom. The van der Waals surface area contributed by atoms with E-state index < -0.39 is 23.6 Å². The van der Waals surface area contributed by atoms with Crippen LogP contribution < -0.4 is 5.43 Å². The second-order valence-corrected chi connectivity index (χ2v) is 4.32. The lowest BCUT2D eigenvalue weighted by molar-refractivity contribution is -0.283. The third-order valence-corrected chi connectivity index (χ3v) is 2.05. The van der Waals surface area contributed by atoms with E-state index in [-0.39, 0.29) is 5.01 Å². The Labute approximate surface area is 82.2 Å². The van der Waals surface area contributed by atoms with Crippen LogP contribution in [0.4, 0.5) is 26.3 Å². The lowest BCUT2D eigenvalue weighted by Gasteiger charge is -2.27. The second kappa shape index (κ2) is 2.79. The molecule has 1 fully saturated rings. The highest BCUT2D eigenvalue weighted by molar-refractivity contribution is 5.13. The highest BCUT2D eigenvalue weighted by atomic mass is 19.4. The van der Waals surface area contributed by atoms with Crippen LogP contribution in [0.3, 0.4) is 0 Å². The Balaban J connectivity index is 3.08. The molecule has 0 aliphatic carbocycles. The number of hydrazine groups is 1. The number of halogens is 6. The van der Waals surface area contributed by atoms with Crippen LogP contribution in [0.5, 0.6) is 0 Å². The summed E-state index contributed by atoms with van der Waals surface area (Å²) in [6.45, 7) is 3.79. The molecule has 0 bridgehead atoms. The number of rotatable bonds is 0. The summed E-state index contributed by atoms with van der Waals surface area (Å²) in [4.78, 5) is 0. The Morgan fingerprint density at radius 3 is 1.27 bits per heavy atom. The molecule has 0 aromatic carbocycles. The van der Waals surface area contributed by atoms with Gasteiger partial charge in [0.15, 0.2) is 0 Å². The largest absolute Gasteiger partial charge is 0.431 e. The number of hydrogen-bond acceptors (Lipinski definition) is 2. The molecule has 1 unspecified atom stereocenters. The average molecular weight is 236 g/mol. The molecule has 0 saturated carbocycles. The molecule has 1 rings (SSSR count). The van der Waals surface area contributed by atoms with Gasteiger partial charge in [0.1, 0.15) is 0 Å². The predicted molar refractivity (Wildman–Crippen MR) is 39.6 cm³/mol. The van der Waals surface area contributed by atoms with Crippen LogP contribution in [0.1, 0.15) is 20.8 Å². The van der Waals surface area contributed by atoms with Crippen LogP contribution in [0.15, 0.2) is 0 Å². The topological polar surface area (TPSA) is 25.0 Å². The molecule has 1 saturated heterocycles. The number of nitrogens with one attached hydrogen (secondary N) is 1. The van der Waals surface area contributed by atoms with Gasteiger partial charge >= 0.3 is 12.4 Å². The molecule has 0 aromatic rings.